The third-order valence-electron chi connectivity index (χ3n) is 1.96. The number of carbonyl (C=O) groups is 2. The molecule has 1 N–H and O–H groups in total. The molecule has 1 saturated heterocycles. The number of hydrogen-bond donors (Lipinski definition) is 1. The van der Waals surface area contributed by atoms with Gasteiger partial charge in [-0.25, -0.2) is 0 Å². The first-order valence-corrected chi connectivity index (χ1v) is 4.85. The Labute approximate surface area is 87.8 Å². The van der Waals surface area contributed by atoms with Gasteiger partial charge in [-0.2, -0.15) is 0 Å². The molecule has 1 fully saturated rings. The molecule has 0 aromatic carbocycles. The molecule has 6 heteroatoms. The molecule has 15 heavy (non-hydrogen) atoms. The van der Waals surface area contributed by atoms with E-state index in [0.29, 0.717) is 19.6 Å². The highest BCUT2D eigenvalue weighted by Crippen LogP contribution is 2.01. The third-order valence-corrected chi connectivity index (χ3v) is 1.96. The van der Waals surface area contributed by atoms with Crippen LogP contribution in [0.5, 0.6) is 0 Å². The van der Waals surface area contributed by atoms with E-state index in [2.05, 4.69) is 0 Å². The molecule has 1 rings (SSSR count). The number of imide groups is 1. The first-order valence-electron chi connectivity index (χ1n) is 4.85. The number of morpholine rings is 1. The molecule has 1 aliphatic heterocycles. The fourth-order valence-corrected chi connectivity index (χ4v) is 1.26. The summed E-state index contributed by atoms with van der Waals surface area (Å²) in [6.07, 6.45) is 0.581. The molecule has 0 aromatic rings. The number of amides is 2. The topological polar surface area (TPSA) is 76.1 Å². The average Bonchev–Trinajstić information content (AvgIpc) is 2.21. The van der Waals surface area contributed by atoms with E-state index in [4.69, 9.17) is 14.6 Å². The number of aliphatic hydroxyl groups is 1. The van der Waals surface area contributed by atoms with Crippen molar-refractivity contribution in [1.82, 2.24) is 4.90 Å². The Balaban J connectivity index is 2.18. The van der Waals surface area contributed by atoms with E-state index in [0.717, 1.165) is 0 Å². The van der Waals surface area contributed by atoms with Crippen molar-refractivity contribution in [3.8, 4) is 0 Å². The summed E-state index contributed by atoms with van der Waals surface area (Å²) in [6, 6.07) is 0. The highest BCUT2D eigenvalue weighted by molar-refractivity contribution is 5.98. The van der Waals surface area contributed by atoms with Crippen LogP contribution in [0.4, 0.5) is 0 Å². The lowest BCUT2D eigenvalue weighted by Crippen LogP contribution is -2.46. The monoisotopic (exact) mass is 217 g/mol. The molecule has 6 nitrogen and oxygen atoms in total. The second kappa shape index (κ2) is 6.49. The molecule has 0 aliphatic carbocycles. The number of hydrogen-bond acceptors (Lipinski definition) is 5. The Kier molecular flexibility index (Phi) is 5.23. The molecule has 0 saturated carbocycles. The maximum Gasteiger partial charge on any atom is 0.255 e. The second-order valence-electron chi connectivity index (χ2n) is 3.12. The molecule has 86 valence electrons. The molecular formula is C9H15NO5. The van der Waals surface area contributed by atoms with Crippen LogP contribution in [-0.2, 0) is 19.1 Å². The highest BCUT2D eigenvalue weighted by Gasteiger charge is 2.25. The zero-order valence-corrected chi connectivity index (χ0v) is 8.48. The molecular weight excluding hydrogens is 202 g/mol. The van der Waals surface area contributed by atoms with Crippen molar-refractivity contribution in [3.63, 3.8) is 0 Å². The quantitative estimate of drug-likeness (QED) is 0.445. The van der Waals surface area contributed by atoms with Crippen LogP contribution in [0.3, 0.4) is 0 Å². The molecule has 0 unspecified atom stereocenters. The van der Waals surface area contributed by atoms with Crippen LogP contribution in [0, 0.1) is 0 Å². The van der Waals surface area contributed by atoms with Gasteiger partial charge in [0, 0.05) is 13.2 Å². The van der Waals surface area contributed by atoms with Crippen molar-refractivity contribution < 1.29 is 24.2 Å². The molecule has 0 radical (unpaired) electrons. The minimum absolute atomic E-state index is 0.0184. The number of rotatable bonds is 6. The van der Waals surface area contributed by atoms with Gasteiger partial charge in [0.05, 0.1) is 13.2 Å². The summed E-state index contributed by atoms with van der Waals surface area (Å²) in [5.74, 6) is -0.596. The van der Waals surface area contributed by atoms with Gasteiger partial charge < -0.3 is 14.6 Å². The van der Waals surface area contributed by atoms with E-state index in [1.54, 1.807) is 0 Å². The van der Waals surface area contributed by atoms with E-state index in [9.17, 15) is 9.59 Å². The smallest absolute Gasteiger partial charge is 0.255 e. The highest BCUT2D eigenvalue weighted by atomic mass is 16.5. The van der Waals surface area contributed by atoms with Crippen LogP contribution in [0.1, 0.15) is 6.42 Å². The normalized spacial score (nSPS) is 17.3. The van der Waals surface area contributed by atoms with Crippen LogP contribution in [0.15, 0.2) is 0 Å². The van der Waals surface area contributed by atoms with Crippen molar-refractivity contribution in [2.75, 3.05) is 39.6 Å². The Morgan fingerprint density at radius 1 is 1.27 bits per heavy atom. The van der Waals surface area contributed by atoms with Gasteiger partial charge in [-0.3, -0.25) is 14.5 Å². The summed E-state index contributed by atoms with van der Waals surface area (Å²) in [6.45, 7) is 0.998. The maximum atomic E-state index is 11.2. The zero-order chi connectivity index (χ0) is 11.1. The van der Waals surface area contributed by atoms with Crippen molar-refractivity contribution in [2.45, 2.75) is 6.42 Å². The maximum absolute atomic E-state index is 11.2. The van der Waals surface area contributed by atoms with Crippen LogP contribution >= 0.6 is 0 Å². The Morgan fingerprint density at radius 3 is 2.53 bits per heavy atom. The summed E-state index contributed by atoms with van der Waals surface area (Å²) in [7, 11) is 0. The predicted molar refractivity (Wildman–Crippen MR) is 50.1 cm³/mol. The fourth-order valence-electron chi connectivity index (χ4n) is 1.26. The summed E-state index contributed by atoms with van der Waals surface area (Å²) in [5.41, 5.74) is 0. The van der Waals surface area contributed by atoms with Gasteiger partial charge in [0.1, 0.15) is 13.2 Å². The van der Waals surface area contributed by atoms with E-state index in [1.165, 1.54) is 4.90 Å². The summed E-state index contributed by atoms with van der Waals surface area (Å²) in [4.78, 5) is 23.6. The number of ether oxygens (including phenoxy) is 2. The molecule has 1 heterocycles. The van der Waals surface area contributed by atoms with Crippen LogP contribution in [-0.4, -0.2) is 61.4 Å². The van der Waals surface area contributed by atoms with Gasteiger partial charge in [0.2, 0.25) is 0 Å². The molecule has 1 aliphatic rings. The fraction of sp³-hybridized carbons (Fsp3) is 0.778. The minimum Gasteiger partial charge on any atom is -0.394 e. The van der Waals surface area contributed by atoms with E-state index >= 15 is 0 Å². The van der Waals surface area contributed by atoms with E-state index in [-0.39, 0.29) is 38.2 Å². The van der Waals surface area contributed by atoms with Crippen molar-refractivity contribution >= 4 is 11.8 Å². The minimum atomic E-state index is -0.298. The van der Waals surface area contributed by atoms with Gasteiger partial charge in [-0.15, -0.1) is 0 Å². The van der Waals surface area contributed by atoms with Crippen LogP contribution < -0.4 is 0 Å². The lowest BCUT2D eigenvalue weighted by molar-refractivity contribution is -0.158. The van der Waals surface area contributed by atoms with E-state index < -0.39 is 0 Å². The molecule has 0 bridgehead atoms. The lowest BCUT2D eigenvalue weighted by atomic mass is 10.3. The predicted octanol–water partition coefficient (Wildman–Crippen LogP) is -1.23. The first-order chi connectivity index (χ1) is 7.25. The largest absolute Gasteiger partial charge is 0.394 e. The number of aliphatic hydroxyl groups excluding tert-OH is 1. The molecule has 2 amide bonds. The van der Waals surface area contributed by atoms with Gasteiger partial charge >= 0.3 is 0 Å². The summed E-state index contributed by atoms with van der Waals surface area (Å²) < 4.78 is 9.78. The first kappa shape index (κ1) is 12.1. The Hall–Kier alpha value is -0.980. The molecule has 0 spiro atoms. The Morgan fingerprint density at radius 2 is 1.93 bits per heavy atom. The van der Waals surface area contributed by atoms with Gasteiger partial charge in [0.15, 0.2) is 0 Å². The Bertz CT molecular complexity index is 215. The van der Waals surface area contributed by atoms with Crippen molar-refractivity contribution in [3.05, 3.63) is 0 Å². The van der Waals surface area contributed by atoms with Crippen LogP contribution in [0.25, 0.3) is 0 Å². The van der Waals surface area contributed by atoms with Gasteiger partial charge in [-0.05, 0) is 6.42 Å². The third kappa shape index (κ3) is 3.94. The number of carbonyl (C=O) groups excluding carboxylic acids is 2. The molecule has 0 aromatic heterocycles. The number of nitrogens with zero attached hydrogens (tertiary/aromatic N) is 1. The molecule has 0 atom stereocenters. The van der Waals surface area contributed by atoms with Gasteiger partial charge in [-0.1, -0.05) is 0 Å². The van der Waals surface area contributed by atoms with Gasteiger partial charge in [0.25, 0.3) is 11.8 Å². The van der Waals surface area contributed by atoms with Crippen molar-refractivity contribution in [2.24, 2.45) is 0 Å². The standard InChI is InChI=1S/C9H15NO5/c11-3-5-14-4-1-2-10-8(12)6-15-7-9(10)13/h11H,1-7H2. The van der Waals surface area contributed by atoms with Crippen LogP contribution in [0.2, 0.25) is 0 Å². The average molecular weight is 217 g/mol. The van der Waals surface area contributed by atoms with E-state index in [1.807, 2.05) is 0 Å². The SMILES string of the molecule is O=C1COCC(=O)N1CCCOCCO. The summed E-state index contributed by atoms with van der Waals surface area (Å²) in [5, 5.41) is 8.44. The second-order valence-corrected chi connectivity index (χ2v) is 3.12. The zero-order valence-electron chi connectivity index (χ0n) is 8.48. The lowest BCUT2D eigenvalue weighted by Gasteiger charge is -2.24. The van der Waals surface area contributed by atoms with Crippen molar-refractivity contribution in [1.29, 1.82) is 0 Å². The summed E-state index contributed by atoms with van der Waals surface area (Å²) >= 11 is 0.